The summed E-state index contributed by atoms with van der Waals surface area (Å²) in [5.74, 6) is 0.227. The second-order valence-corrected chi connectivity index (χ2v) is 5.67. The first kappa shape index (κ1) is 20.4. The molecule has 0 aliphatic rings. The van der Waals surface area contributed by atoms with E-state index in [2.05, 4.69) is 15.3 Å². The molecule has 0 aliphatic heterocycles. The summed E-state index contributed by atoms with van der Waals surface area (Å²) in [4.78, 5) is 0. The van der Waals surface area contributed by atoms with Crippen molar-refractivity contribution >= 4 is 17.2 Å². The highest BCUT2D eigenvalue weighted by atomic mass is 35.5. The van der Waals surface area contributed by atoms with Crippen LogP contribution in [0.25, 0.3) is 0 Å². The molecule has 0 radical (unpaired) electrons. The Bertz CT molecular complexity index is 952. The number of azo groups is 1. The van der Waals surface area contributed by atoms with Crippen LogP contribution in [0.1, 0.15) is 11.1 Å². The maximum Gasteiger partial charge on any atom is 0.418 e. The van der Waals surface area contributed by atoms with Gasteiger partial charge in [0.25, 0.3) is 0 Å². The summed E-state index contributed by atoms with van der Waals surface area (Å²) >= 11 is 0. The minimum atomic E-state index is -4.51. The number of hydrogen-bond donors (Lipinski definition) is 1. The van der Waals surface area contributed by atoms with Gasteiger partial charge in [-0.15, -0.1) is 10.2 Å². The predicted molar refractivity (Wildman–Crippen MR) is 89.0 cm³/mol. The third-order valence-electron chi connectivity index (χ3n) is 3.67. The minimum absolute atomic E-state index is 0. The molecule has 3 aromatic rings. The molecule has 142 valence electrons. The van der Waals surface area contributed by atoms with Crippen LogP contribution >= 0.6 is 0 Å². The molecule has 0 aliphatic carbocycles. The van der Waals surface area contributed by atoms with Crippen LogP contribution < -0.4 is 22.7 Å². The minimum Gasteiger partial charge on any atom is -1.00 e. The first-order chi connectivity index (χ1) is 12.3. The van der Waals surface area contributed by atoms with Crippen molar-refractivity contribution in [3.8, 4) is 0 Å². The smallest absolute Gasteiger partial charge is 0.418 e. The second kappa shape index (κ2) is 8.17. The van der Waals surface area contributed by atoms with Gasteiger partial charge in [0, 0.05) is 11.6 Å². The fraction of sp³-hybridized carbons (Fsp3) is 0.176. The van der Waals surface area contributed by atoms with Crippen LogP contribution in [-0.2, 0) is 19.8 Å². The number of rotatable bonds is 4. The summed E-state index contributed by atoms with van der Waals surface area (Å²) in [6, 6.07) is 8.78. The third kappa shape index (κ3) is 4.82. The first-order valence-corrected chi connectivity index (χ1v) is 7.68. The zero-order valence-corrected chi connectivity index (χ0v) is 15.0. The summed E-state index contributed by atoms with van der Waals surface area (Å²) in [6.45, 7) is 0.412. The number of alkyl halides is 3. The standard InChI is InChI=1S/C17H16F3N6.ClH/c1-25-8-4-5-12(10-25)11-26-16(21)15(9-22-26)24-23-14-7-3-2-6-13(14)17(18,19)20;/h2-10H,11,21H2,1H3;1H/q+1;/p-1/b24-23+;. The summed E-state index contributed by atoms with van der Waals surface area (Å²) in [5, 5.41) is 11.7. The highest BCUT2D eigenvalue weighted by Crippen LogP contribution is 2.37. The van der Waals surface area contributed by atoms with E-state index in [0.717, 1.165) is 11.6 Å². The molecule has 10 heteroatoms. The molecule has 6 nitrogen and oxygen atoms in total. The van der Waals surface area contributed by atoms with Crippen LogP contribution in [0.15, 0.2) is 65.2 Å². The van der Waals surface area contributed by atoms with Crippen LogP contribution in [0.3, 0.4) is 0 Å². The molecule has 2 heterocycles. The van der Waals surface area contributed by atoms with Gasteiger partial charge >= 0.3 is 6.18 Å². The van der Waals surface area contributed by atoms with Gasteiger partial charge in [0.2, 0.25) is 0 Å². The fourth-order valence-corrected chi connectivity index (χ4v) is 2.41. The predicted octanol–water partition coefficient (Wildman–Crippen LogP) is 0.776. The Morgan fingerprint density at radius 3 is 2.52 bits per heavy atom. The van der Waals surface area contributed by atoms with E-state index in [1.165, 1.54) is 29.1 Å². The number of aromatic nitrogens is 3. The lowest BCUT2D eigenvalue weighted by atomic mass is 10.2. The average molecular weight is 397 g/mol. The molecule has 0 spiro atoms. The van der Waals surface area contributed by atoms with E-state index >= 15 is 0 Å². The van der Waals surface area contributed by atoms with Gasteiger partial charge in [0.1, 0.15) is 18.6 Å². The molecule has 0 saturated carbocycles. The topological polar surface area (TPSA) is 72.4 Å². The average Bonchev–Trinajstić information content (AvgIpc) is 2.93. The number of nitrogens with two attached hydrogens (primary N) is 1. The van der Waals surface area contributed by atoms with E-state index < -0.39 is 11.7 Å². The first-order valence-electron chi connectivity index (χ1n) is 7.68. The SMILES string of the molecule is C[n+]1cccc(Cn2ncc(/N=N/c3ccccc3C(F)(F)F)c2N)c1.[Cl-]. The zero-order chi connectivity index (χ0) is 18.7. The molecule has 0 unspecified atom stereocenters. The van der Waals surface area contributed by atoms with Crippen LogP contribution in [0.5, 0.6) is 0 Å². The Morgan fingerprint density at radius 2 is 1.81 bits per heavy atom. The Kier molecular flexibility index (Phi) is 6.17. The van der Waals surface area contributed by atoms with Gasteiger partial charge in [-0.05, 0) is 18.2 Å². The van der Waals surface area contributed by atoms with Crippen LogP contribution in [0.4, 0.5) is 30.4 Å². The monoisotopic (exact) mass is 396 g/mol. The zero-order valence-electron chi connectivity index (χ0n) is 14.2. The van der Waals surface area contributed by atoms with E-state index in [0.29, 0.717) is 6.54 Å². The van der Waals surface area contributed by atoms with Crippen molar-refractivity contribution in [2.24, 2.45) is 17.3 Å². The molecule has 2 N–H and O–H groups in total. The summed E-state index contributed by atoms with van der Waals surface area (Å²) in [6.07, 6.45) is 0.682. The molecule has 2 aromatic heterocycles. The van der Waals surface area contributed by atoms with E-state index in [1.807, 2.05) is 36.1 Å². The number of halogens is 4. The normalized spacial score (nSPS) is 11.6. The number of pyridine rings is 1. The van der Waals surface area contributed by atoms with Crippen molar-refractivity contribution in [1.29, 1.82) is 0 Å². The second-order valence-electron chi connectivity index (χ2n) is 5.67. The Labute approximate surface area is 159 Å². The molecule has 0 bridgehead atoms. The Hall–Kier alpha value is -2.94. The summed E-state index contributed by atoms with van der Waals surface area (Å²) < 4.78 is 42.4. The van der Waals surface area contributed by atoms with E-state index in [4.69, 9.17) is 5.73 Å². The van der Waals surface area contributed by atoms with E-state index in [-0.39, 0.29) is 29.6 Å². The quantitative estimate of drug-likeness (QED) is 0.523. The summed E-state index contributed by atoms with van der Waals surface area (Å²) in [5.41, 5.74) is 6.04. The molecule has 3 rings (SSSR count). The lowest BCUT2D eigenvalue weighted by molar-refractivity contribution is -0.671. The molecule has 27 heavy (non-hydrogen) atoms. The lowest BCUT2D eigenvalue weighted by Crippen LogP contribution is -3.00. The van der Waals surface area contributed by atoms with Crippen molar-refractivity contribution < 1.29 is 30.1 Å². The van der Waals surface area contributed by atoms with E-state index in [1.54, 1.807) is 0 Å². The molecular weight excluding hydrogens is 381 g/mol. The van der Waals surface area contributed by atoms with Gasteiger partial charge in [-0.25, -0.2) is 9.25 Å². The highest BCUT2D eigenvalue weighted by molar-refractivity contribution is 5.57. The largest absolute Gasteiger partial charge is 1.00 e. The van der Waals surface area contributed by atoms with Gasteiger partial charge in [-0.3, -0.25) is 0 Å². The Balaban J connectivity index is 0.00000261. The molecule has 0 amide bonds. The van der Waals surface area contributed by atoms with E-state index in [9.17, 15) is 13.2 Å². The molecule has 0 atom stereocenters. The molecular formula is C17H16ClF3N6. The third-order valence-corrected chi connectivity index (χ3v) is 3.67. The van der Waals surface area contributed by atoms with Gasteiger partial charge in [0.15, 0.2) is 12.4 Å². The highest BCUT2D eigenvalue weighted by Gasteiger charge is 2.33. The van der Waals surface area contributed by atoms with Crippen molar-refractivity contribution in [1.82, 2.24) is 9.78 Å². The number of anilines is 1. The van der Waals surface area contributed by atoms with Crippen molar-refractivity contribution in [2.75, 3.05) is 5.73 Å². The summed E-state index contributed by atoms with van der Waals surface area (Å²) in [7, 11) is 1.90. The number of hydrogen-bond acceptors (Lipinski definition) is 4. The van der Waals surface area contributed by atoms with Gasteiger partial charge in [0.05, 0.1) is 24.0 Å². The fourth-order valence-electron chi connectivity index (χ4n) is 2.41. The Morgan fingerprint density at radius 1 is 1.11 bits per heavy atom. The van der Waals surface area contributed by atoms with Gasteiger partial charge in [-0.1, -0.05) is 12.1 Å². The van der Waals surface area contributed by atoms with Crippen molar-refractivity contribution in [3.63, 3.8) is 0 Å². The number of aryl methyl sites for hydroxylation is 1. The maximum atomic E-state index is 13.0. The number of nitrogen functional groups attached to an aromatic ring is 1. The van der Waals surface area contributed by atoms with Crippen molar-refractivity contribution in [2.45, 2.75) is 12.7 Å². The van der Waals surface area contributed by atoms with Crippen LogP contribution in [0, 0.1) is 0 Å². The van der Waals surface area contributed by atoms with Gasteiger partial charge in [-0.2, -0.15) is 18.3 Å². The molecule has 1 aromatic carbocycles. The van der Waals surface area contributed by atoms with Crippen LogP contribution in [0.2, 0.25) is 0 Å². The maximum absolute atomic E-state index is 13.0. The molecule has 0 saturated heterocycles. The number of nitrogens with zero attached hydrogens (tertiary/aromatic N) is 5. The molecule has 0 fully saturated rings. The van der Waals surface area contributed by atoms with Crippen LogP contribution in [-0.4, -0.2) is 9.78 Å². The van der Waals surface area contributed by atoms with Crippen molar-refractivity contribution in [3.05, 3.63) is 66.1 Å². The number of benzene rings is 1. The van der Waals surface area contributed by atoms with Gasteiger partial charge < -0.3 is 18.1 Å². The lowest BCUT2D eigenvalue weighted by Gasteiger charge is -2.08.